The molecule has 1 aliphatic heterocycles. The number of benzene rings is 1. The highest BCUT2D eigenvalue weighted by molar-refractivity contribution is 6.30. The molecular formula is C21H19ClN2O4. The smallest absolute Gasteiger partial charge is 0.340 e. The molecule has 28 heavy (non-hydrogen) atoms. The average Bonchev–Trinajstić information content (AvgIpc) is 3.44. The summed E-state index contributed by atoms with van der Waals surface area (Å²) in [5.41, 5.74) is 3.97. The fraction of sp³-hybridized carbons (Fsp3) is 0.333. The Morgan fingerprint density at radius 1 is 1.36 bits per heavy atom. The molecule has 2 aromatic heterocycles. The number of ether oxygens (including phenoxy) is 3. The number of nitrogens with zero attached hydrogens (tertiary/aromatic N) is 2. The molecule has 1 saturated carbocycles. The van der Waals surface area contributed by atoms with Crippen LogP contribution in [-0.2, 0) is 22.7 Å². The van der Waals surface area contributed by atoms with E-state index in [1.54, 1.807) is 18.2 Å². The van der Waals surface area contributed by atoms with Crippen LogP contribution in [0, 0.1) is 6.92 Å². The van der Waals surface area contributed by atoms with Gasteiger partial charge in [0.2, 0.25) is 0 Å². The van der Waals surface area contributed by atoms with Gasteiger partial charge in [0.1, 0.15) is 18.2 Å². The van der Waals surface area contributed by atoms with Crippen molar-refractivity contribution in [1.29, 1.82) is 0 Å². The van der Waals surface area contributed by atoms with Crippen molar-refractivity contribution in [2.75, 3.05) is 6.79 Å². The van der Waals surface area contributed by atoms with Crippen molar-refractivity contribution >= 4 is 23.1 Å². The Kier molecular flexibility index (Phi) is 4.25. The number of rotatable bonds is 4. The van der Waals surface area contributed by atoms with Gasteiger partial charge in [0, 0.05) is 27.8 Å². The molecular weight excluding hydrogens is 380 g/mol. The van der Waals surface area contributed by atoms with Gasteiger partial charge in [0.15, 0.2) is 6.79 Å². The number of halogens is 1. The van der Waals surface area contributed by atoms with Crippen molar-refractivity contribution in [2.24, 2.45) is 0 Å². The fourth-order valence-corrected chi connectivity index (χ4v) is 3.97. The Hall–Kier alpha value is -2.57. The summed E-state index contributed by atoms with van der Waals surface area (Å²) >= 11 is 6.18. The van der Waals surface area contributed by atoms with Crippen molar-refractivity contribution in [3.8, 4) is 5.75 Å². The van der Waals surface area contributed by atoms with Gasteiger partial charge in [-0.05, 0) is 44.0 Å². The van der Waals surface area contributed by atoms with Crippen LogP contribution in [0.15, 0.2) is 30.5 Å². The topological polar surface area (TPSA) is 62.1 Å². The first kappa shape index (κ1) is 17.5. The second kappa shape index (κ2) is 6.79. The monoisotopic (exact) mass is 398 g/mol. The number of aryl methyl sites for hydroxylation is 1. The number of aromatic nitrogens is 2. The second-order valence-corrected chi connectivity index (χ2v) is 7.66. The van der Waals surface area contributed by atoms with E-state index in [0.29, 0.717) is 28.9 Å². The molecule has 1 aliphatic carbocycles. The van der Waals surface area contributed by atoms with E-state index in [1.165, 1.54) is 0 Å². The van der Waals surface area contributed by atoms with Gasteiger partial charge >= 0.3 is 5.97 Å². The van der Waals surface area contributed by atoms with E-state index in [1.807, 2.05) is 19.2 Å². The highest BCUT2D eigenvalue weighted by Crippen LogP contribution is 2.40. The van der Waals surface area contributed by atoms with Crippen LogP contribution in [0.1, 0.15) is 51.8 Å². The van der Waals surface area contributed by atoms with E-state index in [0.717, 1.165) is 41.0 Å². The average molecular weight is 399 g/mol. The SMILES string of the molecule is Cc1c(C(=O)OCc2cc(Cl)cc3c2OCOC3)ccc2cnc(C3CC3)n12. The maximum atomic E-state index is 12.8. The van der Waals surface area contributed by atoms with E-state index in [4.69, 9.17) is 25.8 Å². The van der Waals surface area contributed by atoms with Crippen LogP contribution in [0.3, 0.4) is 0 Å². The maximum absolute atomic E-state index is 12.8. The highest BCUT2D eigenvalue weighted by Gasteiger charge is 2.29. The Morgan fingerprint density at radius 2 is 2.21 bits per heavy atom. The molecule has 3 aromatic rings. The lowest BCUT2D eigenvalue weighted by atomic mass is 10.1. The predicted octanol–water partition coefficient (Wildman–Crippen LogP) is 4.40. The van der Waals surface area contributed by atoms with E-state index < -0.39 is 0 Å². The summed E-state index contributed by atoms with van der Waals surface area (Å²) in [5, 5.41) is 0.559. The third-order valence-electron chi connectivity index (χ3n) is 5.24. The first-order valence-corrected chi connectivity index (χ1v) is 9.65. The molecule has 0 spiro atoms. The molecule has 6 nitrogen and oxygen atoms in total. The van der Waals surface area contributed by atoms with Gasteiger partial charge in [-0.1, -0.05) is 11.6 Å². The zero-order valence-electron chi connectivity index (χ0n) is 15.4. The number of esters is 1. The van der Waals surface area contributed by atoms with Crippen LogP contribution in [0.5, 0.6) is 5.75 Å². The van der Waals surface area contributed by atoms with Crippen molar-refractivity contribution in [3.05, 3.63) is 63.7 Å². The van der Waals surface area contributed by atoms with Gasteiger partial charge in [0.05, 0.1) is 23.9 Å². The van der Waals surface area contributed by atoms with Gasteiger partial charge in [0.25, 0.3) is 0 Å². The minimum absolute atomic E-state index is 0.0820. The molecule has 2 aliphatic rings. The molecule has 7 heteroatoms. The molecule has 3 heterocycles. The van der Waals surface area contributed by atoms with Gasteiger partial charge in [-0.3, -0.25) is 4.40 Å². The largest absolute Gasteiger partial charge is 0.467 e. The molecule has 0 unspecified atom stereocenters. The van der Waals surface area contributed by atoms with Crippen LogP contribution in [-0.4, -0.2) is 22.1 Å². The van der Waals surface area contributed by atoms with Gasteiger partial charge < -0.3 is 14.2 Å². The molecule has 0 amide bonds. The lowest BCUT2D eigenvalue weighted by Crippen LogP contribution is -2.15. The number of carbonyl (C=O) groups is 1. The molecule has 0 radical (unpaired) electrons. The summed E-state index contributed by atoms with van der Waals surface area (Å²) in [6.07, 6.45) is 4.15. The standard InChI is InChI=1S/C21H19ClN2O4/c1-12-18(5-4-17-8-23-20(24(12)17)13-2-3-13)21(25)27-10-15-7-16(22)6-14-9-26-11-28-19(14)15/h4-8,13H,2-3,9-11H2,1H3. The number of hydrogen-bond acceptors (Lipinski definition) is 5. The quantitative estimate of drug-likeness (QED) is 0.609. The summed E-state index contributed by atoms with van der Waals surface area (Å²) in [6.45, 7) is 2.62. The molecule has 0 saturated heterocycles. The Balaban J connectivity index is 1.41. The molecule has 0 bridgehead atoms. The Morgan fingerprint density at radius 3 is 3.04 bits per heavy atom. The van der Waals surface area contributed by atoms with E-state index in [9.17, 15) is 4.79 Å². The van der Waals surface area contributed by atoms with Gasteiger partial charge in [-0.25, -0.2) is 9.78 Å². The Labute approximate surface area is 167 Å². The van der Waals surface area contributed by atoms with Crippen LogP contribution in [0.4, 0.5) is 0 Å². The maximum Gasteiger partial charge on any atom is 0.340 e. The van der Waals surface area contributed by atoms with Crippen molar-refractivity contribution in [1.82, 2.24) is 9.38 Å². The zero-order valence-corrected chi connectivity index (χ0v) is 16.2. The number of fused-ring (bicyclic) bond motifs is 2. The first-order chi connectivity index (χ1) is 13.6. The molecule has 144 valence electrons. The van der Waals surface area contributed by atoms with Crippen LogP contribution in [0.25, 0.3) is 5.52 Å². The highest BCUT2D eigenvalue weighted by atomic mass is 35.5. The lowest BCUT2D eigenvalue weighted by molar-refractivity contribution is -0.0180. The molecule has 1 fully saturated rings. The number of pyridine rings is 1. The normalized spacial score (nSPS) is 15.9. The minimum Gasteiger partial charge on any atom is -0.467 e. The molecule has 5 rings (SSSR count). The van der Waals surface area contributed by atoms with Crippen molar-refractivity contribution in [3.63, 3.8) is 0 Å². The summed E-state index contributed by atoms with van der Waals surface area (Å²) in [4.78, 5) is 17.3. The third-order valence-corrected chi connectivity index (χ3v) is 5.45. The molecule has 1 aromatic carbocycles. The first-order valence-electron chi connectivity index (χ1n) is 9.28. The predicted molar refractivity (Wildman–Crippen MR) is 103 cm³/mol. The summed E-state index contributed by atoms with van der Waals surface area (Å²) in [6, 6.07) is 7.27. The number of hydrogen-bond donors (Lipinski definition) is 0. The second-order valence-electron chi connectivity index (χ2n) is 7.22. The van der Waals surface area contributed by atoms with Gasteiger partial charge in [-0.2, -0.15) is 0 Å². The van der Waals surface area contributed by atoms with Crippen molar-refractivity contribution < 1.29 is 19.0 Å². The van der Waals surface area contributed by atoms with Crippen LogP contribution >= 0.6 is 11.6 Å². The molecule has 0 atom stereocenters. The summed E-state index contributed by atoms with van der Waals surface area (Å²) in [5.74, 6) is 1.82. The van der Waals surface area contributed by atoms with Gasteiger partial charge in [-0.15, -0.1) is 0 Å². The summed E-state index contributed by atoms with van der Waals surface area (Å²) < 4.78 is 18.5. The van der Waals surface area contributed by atoms with Crippen LogP contribution < -0.4 is 4.74 Å². The number of carbonyl (C=O) groups excluding carboxylic acids is 1. The van der Waals surface area contributed by atoms with Crippen molar-refractivity contribution in [2.45, 2.75) is 38.9 Å². The molecule has 0 N–H and O–H groups in total. The zero-order chi connectivity index (χ0) is 19.3. The number of imidazole rings is 1. The summed E-state index contributed by atoms with van der Waals surface area (Å²) in [7, 11) is 0. The van der Waals surface area contributed by atoms with E-state index in [-0.39, 0.29) is 19.4 Å². The van der Waals surface area contributed by atoms with E-state index >= 15 is 0 Å². The minimum atomic E-state index is -0.379. The van der Waals surface area contributed by atoms with Crippen LogP contribution in [0.2, 0.25) is 5.02 Å². The lowest BCUT2D eigenvalue weighted by Gasteiger charge is -2.21. The fourth-order valence-electron chi connectivity index (χ4n) is 3.70. The Bertz CT molecular complexity index is 1090. The third kappa shape index (κ3) is 3.02. The van der Waals surface area contributed by atoms with E-state index in [2.05, 4.69) is 9.38 Å².